The second kappa shape index (κ2) is 5.41. The van der Waals surface area contributed by atoms with Gasteiger partial charge in [-0.25, -0.2) is 0 Å². The molecule has 1 unspecified atom stereocenters. The molecule has 1 aliphatic carbocycles. The van der Waals surface area contributed by atoms with Crippen LogP contribution in [0.4, 0.5) is 0 Å². The second-order valence-electron chi connectivity index (χ2n) is 5.62. The van der Waals surface area contributed by atoms with Crippen LogP contribution in [0.25, 0.3) is 0 Å². The maximum atomic E-state index is 6.42. The van der Waals surface area contributed by atoms with Crippen molar-refractivity contribution in [2.45, 2.75) is 51.5 Å². The van der Waals surface area contributed by atoms with Crippen molar-refractivity contribution in [2.75, 3.05) is 0 Å². The average Bonchev–Trinajstić information content (AvgIpc) is 2.33. The molecule has 1 fully saturated rings. The molecule has 2 rings (SSSR count). The molecule has 0 saturated heterocycles. The van der Waals surface area contributed by atoms with E-state index in [0.29, 0.717) is 5.41 Å². The van der Waals surface area contributed by atoms with Gasteiger partial charge in [0.05, 0.1) is 0 Å². The Kier molecular flexibility index (Phi) is 4.11. The zero-order valence-electron chi connectivity index (χ0n) is 10.6. The summed E-state index contributed by atoms with van der Waals surface area (Å²) >= 11 is 6.20. The van der Waals surface area contributed by atoms with Crippen LogP contribution in [0.5, 0.6) is 0 Å². The van der Waals surface area contributed by atoms with E-state index in [1.165, 1.54) is 37.7 Å². The lowest BCUT2D eigenvalue weighted by Crippen LogP contribution is -2.42. The van der Waals surface area contributed by atoms with E-state index in [1.54, 1.807) is 0 Å². The van der Waals surface area contributed by atoms with Crippen LogP contribution >= 0.6 is 11.6 Å². The average molecular weight is 252 g/mol. The fraction of sp³-hybridized carbons (Fsp3) is 0.600. The van der Waals surface area contributed by atoms with Crippen LogP contribution in [0, 0.1) is 5.41 Å². The number of nitrogens with two attached hydrogens (primary N) is 1. The lowest BCUT2D eigenvalue weighted by molar-refractivity contribution is 0.169. The first-order valence-corrected chi connectivity index (χ1v) is 6.99. The van der Waals surface area contributed by atoms with E-state index in [-0.39, 0.29) is 6.04 Å². The van der Waals surface area contributed by atoms with Crippen molar-refractivity contribution >= 4 is 11.6 Å². The Hall–Kier alpha value is -0.530. The number of hydrogen-bond acceptors (Lipinski definition) is 1. The Bertz CT molecular complexity index is 369. The third-order valence-electron chi connectivity index (χ3n) is 4.29. The lowest BCUT2D eigenvalue weighted by Gasteiger charge is -2.39. The first kappa shape index (κ1) is 12.9. The zero-order valence-corrected chi connectivity index (χ0v) is 11.3. The summed E-state index contributed by atoms with van der Waals surface area (Å²) in [6.45, 7) is 2.34. The standard InChI is InChI=1S/C15H22ClN/c1-15(9-5-2-6-10-15)14(17)11-12-7-3-4-8-13(12)16/h3-4,7-8,14H,2,5-6,9-11,17H2,1H3. The van der Waals surface area contributed by atoms with Gasteiger partial charge in [-0.05, 0) is 36.3 Å². The monoisotopic (exact) mass is 251 g/mol. The van der Waals surface area contributed by atoms with E-state index in [2.05, 4.69) is 13.0 Å². The topological polar surface area (TPSA) is 26.0 Å². The zero-order chi connectivity index (χ0) is 12.3. The second-order valence-corrected chi connectivity index (χ2v) is 6.02. The first-order valence-electron chi connectivity index (χ1n) is 6.61. The number of rotatable bonds is 3. The van der Waals surface area contributed by atoms with Gasteiger partial charge in [-0.2, -0.15) is 0 Å². The van der Waals surface area contributed by atoms with E-state index in [0.717, 1.165) is 11.4 Å². The summed E-state index contributed by atoms with van der Waals surface area (Å²) in [5.74, 6) is 0. The minimum Gasteiger partial charge on any atom is -0.327 e. The highest BCUT2D eigenvalue weighted by Gasteiger charge is 2.33. The summed E-state index contributed by atoms with van der Waals surface area (Å²) in [7, 11) is 0. The van der Waals surface area contributed by atoms with Crippen molar-refractivity contribution in [3.63, 3.8) is 0 Å². The van der Waals surface area contributed by atoms with Crippen molar-refractivity contribution in [2.24, 2.45) is 11.1 Å². The van der Waals surface area contributed by atoms with E-state index in [1.807, 2.05) is 18.2 Å². The minimum absolute atomic E-state index is 0.225. The number of halogens is 1. The highest BCUT2D eigenvalue weighted by atomic mass is 35.5. The molecule has 2 heteroatoms. The molecule has 0 amide bonds. The van der Waals surface area contributed by atoms with Crippen molar-refractivity contribution in [1.82, 2.24) is 0 Å². The largest absolute Gasteiger partial charge is 0.327 e. The third kappa shape index (κ3) is 3.02. The Morgan fingerprint density at radius 3 is 2.53 bits per heavy atom. The van der Waals surface area contributed by atoms with Gasteiger partial charge in [0.1, 0.15) is 0 Å². The van der Waals surface area contributed by atoms with E-state index >= 15 is 0 Å². The van der Waals surface area contributed by atoms with Crippen LogP contribution in [0.3, 0.4) is 0 Å². The summed E-state index contributed by atoms with van der Waals surface area (Å²) in [4.78, 5) is 0. The molecule has 0 aliphatic heterocycles. The molecule has 17 heavy (non-hydrogen) atoms. The fourth-order valence-electron chi connectivity index (χ4n) is 2.88. The van der Waals surface area contributed by atoms with Gasteiger partial charge in [-0.1, -0.05) is 56.0 Å². The van der Waals surface area contributed by atoms with Gasteiger partial charge < -0.3 is 5.73 Å². The number of benzene rings is 1. The minimum atomic E-state index is 0.225. The highest BCUT2D eigenvalue weighted by Crippen LogP contribution is 2.39. The van der Waals surface area contributed by atoms with Crippen LogP contribution in [0.1, 0.15) is 44.6 Å². The molecular formula is C15H22ClN. The summed E-state index contributed by atoms with van der Waals surface area (Å²) in [6, 6.07) is 8.28. The molecule has 1 nitrogen and oxygen atoms in total. The molecule has 1 saturated carbocycles. The normalized spacial score (nSPS) is 21.1. The Morgan fingerprint density at radius 1 is 1.24 bits per heavy atom. The maximum absolute atomic E-state index is 6.42. The van der Waals surface area contributed by atoms with Crippen molar-refractivity contribution in [1.29, 1.82) is 0 Å². The highest BCUT2D eigenvalue weighted by molar-refractivity contribution is 6.31. The van der Waals surface area contributed by atoms with Crippen molar-refractivity contribution in [3.8, 4) is 0 Å². The molecule has 0 bridgehead atoms. The van der Waals surface area contributed by atoms with Gasteiger partial charge in [0, 0.05) is 11.1 Å². The molecule has 1 aromatic carbocycles. The van der Waals surface area contributed by atoms with Crippen LogP contribution < -0.4 is 5.73 Å². The van der Waals surface area contributed by atoms with Gasteiger partial charge in [-0.3, -0.25) is 0 Å². The Morgan fingerprint density at radius 2 is 1.88 bits per heavy atom. The van der Waals surface area contributed by atoms with Crippen molar-refractivity contribution in [3.05, 3.63) is 34.9 Å². The fourth-order valence-corrected chi connectivity index (χ4v) is 3.09. The summed E-state index contributed by atoms with van der Waals surface area (Å²) < 4.78 is 0. The van der Waals surface area contributed by atoms with E-state index < -0.39 is 0 Å². The van der Waals surface area contributed by atoms with Crippen LogP contribution in [-0.2, 0) is 6.42 Å². The van der Waals surface area contributed by atoms with Gasteiger partial charge in [0.15, 0.2) is 0 Å². The van der Waals surface area contributed by atoms with Gasteiger partial charge in [0.25, 0.3) is 0 Å². The summed E-state index contributed by atoms with van der Waals surface area (Å²) in [6.07, 6.45) is 7.45. The molecule has 0 heterocycles. The summed E-state index contributed by atoms with van der Waals surface area (Å²) in [5.41, 5.74) is 7.92. The quantitative estimate of drug-likeness (QED) is 0.857. The molecule has 0 aromatic heterocycles. The molecule has 0 radical (unpaired) electrons. The third-order valence-corrected chi connectivity index (χ3v) is 4.66. The van der Waals surface area contributed by atoms with E-state index in [9.17, 15) is 0 Å². The van der Waals surface area contributed by atoms with Crippen LogP contribution in [0.2, 0.25) is 5.02 Å². The maximum Gasteiger partial charge on any atom is 0.0438 e. The summed E-state index contributed by atoms with van der Waals surface area (Å²) in [5, 5.41) is 0.849. The molecule has 1 aliphatic rings. The van der Waals surface area contributed by atoms with Gasteiger partial charge in [-0.15, -0.1) is 0 Å². The Labute approximate surface area is 109 Å². The molecule has 0 spiro atoms. The molecular weight excluding hydrogens is 230 g/mol. The number of hydrogen-bond donors (Lipinski definition) is 1. The SMILES string of the molecule is CC1(C(N)Cc2ccccc2Cl)CCCCC1. The molecule has 2 N–H and O–H groups in total. The Balaban J connectivity index is 2.05. The first-order chi connectivity index (χ1) is 8.12. The van der Waals surface area contributed by atoms with Crippen LogP contribution in [0.15, 0.2) is 24.3 Å². The molecule has 1 aromatic rings. The van der Waals surface area contributed by atoms with Gasteiger partial charge in [0.2, 0.25) is 0 Å². The smallest absolute Gasteiger partial charge is 0.0438 e. The molecule has 94 valence electrons. The van der Waals surface area contributed by atoms with E-state index in [4.69, 9.17) is 17.3 Å². The van der Waals surface area contributed by atoms with Crippen molar-refractivity contribution < 1.29 is 0 Å². The molecule has 1 atom stereocenters. The lowest BCUT2D eigenvalue weighted by atomic mass is 9.69. The van der Waals surface area contributed by atoms with Crippen LogP contribution in [-0.4, -0.2) is 6.04 Å². The predicted molar refractivity (Wildman–Crippen MR) is 74.3 cm³/mol. The van der Waals surface area contributed by atoms with Gasteiger partial charge >= 0.3 is 0 Å². The predicted octanol–water partition coefficient (Wildman–Crippen LogP) is 4.18.